The Kier molecular flexibility index (Phi) is 14.7. The van der Waals surface area contributed by atoms with Gasteiger partial charge >= 0.3 is 12.1 Å². The van der Waals surface area contributed by atoms with Gasteiger partial charge in [-0.25, -0.2) is 9.59 Å². The number of piperazine rings is 1. The van der Waals surface area contributed by atoms with Gasteiger partial charge in [-0.3, -0.25) is 29.3 Å². The van der Waals surface area contributed by atoms with Crippen LogP contribution in [-0.2, 0) is 32.0 Å². The second-order valence-electron chi connectivity index (χ2n) is 17.2. The number of hydrogen-bond acceptors (Lipinski definition) is 11. The first-order chi connectivity index (χ1) is 31.6. The van der Waals surface area contributed by atoms with Gasteiger partial charge in [0, 0.05) is 79.8 Å². The lowest BCUT2D eigenvalue weighted by Gasteiger charge is -2.31. The fraction of sp³-hybridized carbons (Fsp3) is 0.383. The van der Waals surface area contributed by atoms with Gasteiger partial charge in [0.15, 0.2) is 0 Å². The Labute approximate surface area is 382 Å². The summed E-state index contributed by atoms with van der Waals surface area (Å²) in [4.78, 5) is 95.8. The predicted octanol–water partition coefficient (Wildman–Crippen LogP) is 2.74. The number of carbonyl (C=O) groups excluding carboxylic acids is 7. The van der Waals surface area contributed by atoms with Crippen molar-refractivity contribution in [1.29, 1.82) is 0 Å². The van der Waals surface area contributed by atoms with Gasteiger partial charge in [-0.15, -0.1) is 0 Å². The van der Waals surface area contributed by atoms with E-state index in [1.807, 2.05) is 49.5 Å². The molecule has 4 aromatic rings. The number of amides is 8. The van der Waals surface area contributed by atoms with Crippen molar-refractivity contribution in [2.24, 2.45) is 17.4 Å². The average Bonchev–Trinajstić information content (AvgIpc) is 3.92. The number of benzene rings is 4. The molecule has 3 heterocycles. The van der Waals surface area contributed by atoms with E-state index in [1.54, 1.807) is 54.0 Å². The number of ether oxygens (including phenoxy) is 1. The number of likely N-dealkylation sites (N-methyl/N-ethyl adjacent to an activating group) is 1. The molecule has 1 saturated heterocycles. The first-order valence-corrected chi connectivity index (χ1v) is 22.1. The third-order valence-electron chi connectivity index (χ3n) is 12.1. The van der Waals surface area contributed by atoms with Crippen LogP contribution in [0.2, 0.25) is 0 Å². The smallest absolute Gasteiger partial charge is 0.409 e. The van der Waals surface area contributed by atoms with E-state index >= 15 is 0 Å². The number of nitrogens with two attached hydrogens (primary N) is 2. The van der Waals surface area contributed by atoms with E-state index in [0.717, 1.165) is 46.4 Å². The van der Waals surface area contributed by atoms with Gasteiger partial charge in [0.05, 0.1) is 18.3 Å². The molecular weight excluding hydrogens is 847 g/mol. The van der Waals surface area contributed by atoms with Crippen LogP contribution in [0.5, 0.6) is 5.75 Å². The van der Waals surface area contributed by atoms with Crippen molar-refractivity contribution in [3.05, 3.63) is 89.5 Å². The molecule has 66 heavy (non-hydrogen) atoms. The van der Waals surface area contributed by atoms with Crippen molar-refractivity contribution < 1.29 is 38.3 Å². The van der Waals surface area contributed by atoms with Gasteiger partial charge in [0.2, 0.25) is 23.6 Å². The molecule has 19 heteroatoms. The molecule has 0 aliphatic carbocycles. The highest BCUT2D eigenvalue weighted by Gasteiger charge is 2.36. The number of primary amides is 2. The number of hydrogen-bond donors (Lipinski definition) is 8. The van der Waals surface area contributed by atoms with Crippen LogP contribution >= 0.6 is 0 Å². The number of fused-ring (bicyclic) bond motifs is 4. The Morgan fingerprint density at radius 3 is 2.24 bits per heavy atom. The molecule has 3 aliphatic rings. The van der Waals surface area contributed by atoms with Crippen molar-refractivity contribution in [3.8, 4) is 5.75 Å². The lowest BCUT2D eigenvalue weighted by atomic mass is 10.0. The number of nitrogens with zero attached hydrogens (tertiary/aromatic N) is 3. The lowest BCUT2D eigenvalue weighted by molar-refractivity contribution is -0.129. The zero-order chi connectivity index (χ0) is 47.1. The van der Waals surface area contributed by atoms with E-state index in [9.17, 15) is 33.6 Å². The molecule has 1 fully saturated rings. The van der Waals surface area contributed by atoms with Gasteiger partial charge in [0.25, 0.3) is 5.91 Å². The van der Waals surface area contributed by atoms with E-state index < -0.39 is 53.9 Å². The highest BCUT2D eigenvalue weighted by Crippen LogP contribution is 2.41. The number of carbonyl (C=O) groups is 7. The largest absolute Gasteiger partial charge is 0.415 e. The van der Waals surface area contributed by atoms with Gasteiger partial charge in [-0.1, -0.05) is 38.1 Å². The second-order valence-corrected chi connectivity index (χ2v) is 17.2. The van der Waals surface area contributed by atoms with E-state index in [0.29, 0.717) is 61.6 Å². The summed E-state index contributed by atoms with van der Waals surface area (Å²) in [6, 6.07) is 18.2. The third-order valence-corrected chi connectivity index (χ3v) is 12.1. The molecule has 7 rings (SSSR count). The first-order valence-electron chi connectivity index (χ1n) is 22.1. The first kappa shape index (κ1) is 46.7. The number of nitrogens with one attached hydrogen (secondary N) is 6. The van der Waals surface area contributed by atoms with Crippen molar-refractivity contribution in [2.45, 2.75) is 57.7 Å². The molecule has 0 radical (unpaired) electrons. The SMILES string of the molecule is CC(C)C(NCC(N)=O)C(=O)NC(CCCNC(N)=O)C(=O)Nc1ccc(C(=O)Nc2ccc3c(c2)CC(C(=O)N2CCc4c2cc(OC(=O)N2CCN(C)CC2)c2ccccc42)N3)cc1. The van der Waals surface area contributed by atoms with Crippen molar-refractivity contribution in [3.63, 3.8) is 0 Å². The maximum absolute atomic E-state index is 14.2. The molecule has 0 aromatic heterocycles. The molecule has 0 saturated carbocycles. The number of rotatable bonds is 16. The van der Waals surface area contributed by atoms with Crippen molar-refractivity contribution >= 4 is 75.2 Å². The zero-order valence-electron chi connectivity index (χ0n) is 37.3. The van der Waals surface area contributed by atoms with Crippen LogP contribution in [-0.4, -0.2) is 122 Å². The molecule has 10 N–H and O–H groups in total. The molecule has 3 aliphatic heterocycles. The fourth-order valence-electron chi connectivity index (χ4n) is 8.50. The zero-order valence-corrected chi connectivity index (χ0v) is 37.3. The Morgan fingerprint density at radius 1 is 0.833 bits per heavy atom. The molecule has 0 bridgehead atoms. The molecule has 19 nitrogen and oxygen atoms in total. The van der Waals surface area contributed by atoms with Gasteiger partial charge < -0.3 is 57.5 Å². The van der Waals surface area contributed by atoms with Crippen molar-refractivity contribution in [2.75, 3.05) is 73.7 Å². The summed E-state index contributed by atoms with van der Waals surface area (Å²) in [5.41, 5.74) is 15.0. The quantitative estimate of drug-likeness (QED) is 0.0759. The summed E-state index contributed by atoms with van der Waals surface area (Å²) < 4.78 is 6.02. The van der Waals surface area contributed by atoms with Crippen LogP contribution < -0.4 is 53.0 Å². The van der Waals surface area contributed by atoms with E-state index in [-0.39, 0.29) is 31.3 Å². The van der Waals surface area contributed by atoms with Crippen LogP contribution in [0.15, 0.2) is 72.8 Å². The molecular formula is C47H57N11O8. The molecule has 3 atom stereocenters. The van der Waals surface area contributed by atoms with E-state index in [2.05, 4.69) is 36.8 Å². The topological polar surface area (TPSA) is 263 Å². The minimum Gasteiger partial charge on any atom is -0.409 e. The minimum absolute atomic E-state index is 0.111. The third kappa shape index (κ3) is 11.2. The van der Waals surface area contributed by atoms with Crippen LogP contribution in [0.1, 0.15) is 48.2 Å². The lowest BCUT2D eigenvalue weighted by Crippen LogP contribution is -2.54. The Bertz CT molecular complexity index is 2510. The Balaban J connectivity index is 0.968. The molecule has 3 unspecified atom stereocenters. The summed E-state index contributed by atoms with van der Waals surface area (Å²) in [5, 5.41) is 18.8. The van der Waals surface area contributed by atoms with E-state index in [4.69, 9.17) is 16.2 Å². The van der Waals surface area contributed by atoms with Gasteiger partial charge in [-0.2, -0.15) is 0 Å². The number of urea groups is 1. The van der Waals surface area contributed by atoms with Crippen LogP contribution in [0.3, 0.4) is 0 Å². The summed E-state index contributed by atoms with van der Waals surface area (Å²) >= 11 is 0. The maximum atomic E-state index is 14.2. The van der Waals surface area contributed by atoms with Gasteiger partial charge in [-0.05, 0) is 91.2 Å². The van der Waals surface area contributed by atoms with Gasteiger partial charge in [0.1, 0.15) is 17.8 Å². The summed E-state index contributed by atoms with van der Waals surface area (Å²) in [7, 11) is 2.02. The molecule has 4 aromatic carbocycles. The van der Waals surface area contributed by atoms with Crippen molar-refractivity contribution in [1.82, 2.24) is 25.8 Å². The van der Waals surface area contributed by atoms with Crippen LogP contribution in [0.4, 0.5) is 32.3 Å². The highest BCUT2D eigenvalue weighted by atomic mass is 16.6. The standard InChI is InChI=1S/C47H57N11O8/c1-27(2)41(51-26-40(48)59)44(62)55-36(9-6-17-50-46(49)64)43(61)52-30-12-10-28(11-13-30)42(60)53-31-14-15-35-29(23-31)24-37(54-35)45(63)58-18-16-33-32-7-4-5-8-34(32)39(25-38(33)58)66-47(65)57-21-19-56(3)20-22-57/h4-5,7-8,10-15,23,25,27,36-37,41,51,54H,6,9,16-22,24,26H2,1-3H3,(H2,48,59)(H,52,61)(H,53,60)(H,55,62)(H3,49,50,64). The summed E-state index contributed by atoms with van der Waals surface area (Å²) in [6.07, 6.45) is 1.12. The number of anilines is 4. The summed E-state index contributed by atoms with van der Waals surface area (Å²) in [5.74, 6) is -2.00. The Morgan fingerprint density at radius 2 is 1.55 bits per heavy atom. The predicted molar refractivity (Wildman–Crippen MR) is 250 cm³/mol. The Hall–Kier alpha value is -7.25. The second kappa shape index (κ2) is 20.7. The molecule has 348 valence electrons. The average molecular weight is 904 g/mol. The van der Waals surface area contributed by atoms with Crippen LogP contribution in [0, 0.1) is 5.92 Å². The van der Waals surface area contributed by atoms with Crippen LogP contribution in [0.25, 0.3) is 10.8 Å². The maximum Gasteiger partial charge on any atom is 0.415 e. The normalized spacial score (nSPS) is 16.4. The monoisotopic (exact) mass is 903 g/mol. The fourth-order valence-corrected chi connectivity index (χ4v) is 8.50. The van der Waals surface area contributed by atoms with E-state index in [1.165, 1.54) is 0 Å². The highest BCUT2D eigenvalue weighted by molar-refractivity contribution is 6.07. The molecule has 0 spiro atoms. The minimum atomic E-state index is -1.01. The molecule has 8 amide bonds. The summed E-state index contributed by atoms with van der Waals surface area (Å²) in [6.45, 7) is 6.68.